The maximum atomic E-state index is 5.52. The van der Waals surface area contributed by atoms with Crippen LogP contribution in [-0.2, 0) is 0 Å². The molecule has 0 spiro atoms. The second-order valence-corrected chi connectivity index (χ2v) is 12.1. The van der Waals surface area contributed by atoms with Crippen molar-refractivity contribution in [2.24, 2.45) is 5.92 Å². The summed E-state index contributed by atoms with van der Waals surface area (Å²) < 4.78 is 13.2. The van der Waals surface area contributed by atoms with Gasteiger partial charge in [0.2, 0.25) is 0 Å². The summed E-state index contributed by atoms with van der Waals surface area (Å²) in [5, 5.41) is 0. The van der Waals surface area contributed by atoms with E-state index in [-0.39, 0.29) is 0 Å². The highest BCUT2D eigenvalue weighted by Crippen LogP contribution is 2.39. The molecule has 3 aromatic rings. The average molecular weight is 519 g/mol. The van der Waals surface area contributed by atoms with Gasteiger partial charge in [-0.25, -0.2) is 4.98 Å². The zero-order valence-electron chi connectivity index (χ0n) is 24.4. The summed E-state index contributed by atoms with van der Waals surface area (Å²) in [5.41, 5.74) is 5.67. The van der Waals surface area contributed by atoms with Crippen LogP contribution in [0.15, 0.2) is 36.7 Å². The molecule has 2 saturated heterocycles. The number of benzene rings is 1. The topological polar surface area (TPSA) is 42.2 Å². The number of pyridine rings is 1. The van der Waals surface area contributed by atoms with Crippen LogP contribution in [0.2, 0.25) is 0 Å². The summed E-state index contributed by atoms with van der Waals surface area (Å²) in [6.07, 6.45) is 9.54. The van der Waals surface area contributed by atoms with E-state index < -0.39 is 0 Å². The summed E-state index contributed by atoms with van der Waals surface area (Å²) in [6.45, 7) is 15.5. The second-order valence-electron chi connectivity index (χ2n) is 12.1. The first kappa shape index (κ1) is 27.0. The molecular weight excluding hydrogens is 472 g/mol. The van der Waals surface area contributed by atoms with Gasteiger partial charge in [0.25, 0.3) is 0 Å². The maximum absolute atomic E-state index is 5.52. The molecule has 2 aromatic heterocycles. The van der Waals surface area contributed by atoms with E-state index >= 15 is 0 Å². The molecule has 1 aromatic carbocycles. The van der Waals surface area contributed by atoms with Gasteiger partial charge in [0, 0.05) is 42.6 Å². The van der Waals surface area contributed by atoms with E-state index in [1.54, 1.807) is 14.2 Å². The smallest absolute Gasteiger partial charge is 0.161 e. The Hall–Kier alpha value is -2.57. The van der Waals surface area contributed by atoms with Crippen molar-refractivity contribution in [2.75, 3.05) is 33.9 Å². The van der Waals surface area contributed by atoms with Gasteiger partial charge in [-0.15, -0.1) is 0 Å². The van der Waals surface area contributed by atoms with Crippen LogP contribution >= 0.6 is 0 Å². The molecule has 2 unspecified atom stereocenters. The minimum Gasteiger partial charge on any atom is -0.493 e. The molecule has 6 nitrogen and oxygen atoms in total. The Labute approximate surface area is 228 Å². The lowest BCUT2D eigenvalue weighted by molar-refractivity contribution is 0.0126. The van der Waals surface area contributed by atoms with E-state index in [0.29, 0.717) is 18.0 Å². The van der Waals surface area contributed by atoms with Crippen LogP contribution in [0, 0.1) is 12.8 Å². The third-order valence-electron chi connectivity index (χ3n) is 8.78. The van der Waals surface area contributed by atoms with Crippen LogP contribution in [-0.4, -0.2) is 71.2 Å². The van der Waals surface area contributed by atoms with Crippen molar-refractivity contribution in [3.8, 4) is 22.8 Å². The Morgan fingerprint density at radius 3 is 2.26 bits per heavy atom. The van der Waals surface area contributed by atoms with Gasteiger partial charge in [-0.05, 0) is 101 Å². The van der Waals surface area contributed by atoms with Crippen LogP contribution in [0.4, 0.5) is 0 Å². The number of imidazole rings is 1. The molecule has 38 heavy (non-hydrogen) atoms. The highest BCUT2D eigenvalue weighted by molar-refractivity contribution is 5.67. The van der Waals surface area contributed by atoms with Crippen molar-refractivity contribution in [1.29, 1.82) is 0 Å². The Balaban J connectivity index is 1.32. The lowest BCUT2D eigenvalue weighted by Gasteiger charge is -2.49. The van der Waals surface area contributed by atoms with Gasteiger partial charge in [0.05, 0.1) is 19.9 Å². The number of fused-ring (bicyclic) bond motifs is 1. The van der Waals surface area contributed by atoms with Gasteiger partial charge in [-0.3, -0.25) is 4.90 Å². The largest absolute Gasteiger partial charge is 0.493 e. The average Bonchev–Trinajstić information content (AvgIpc) is 3.33. The molecule has 0 amide bonds. The molecule has 0 aliphatic carbocycles. The zero-order chi connectivity index (χ0) is 27.0. The Morgan fingerprint density at radius 1 is 0.947 bits per heavy atom. The fraction of sp³-hybridized carbons (Fsp3) is 0.594. The van der Waals surface area contributed by atoms with E-state index in [4.69, 9.17) is 14.5 Å². The molecule has 5 rings (SSSR count). The number of likely N-dealkylation sites (tertiary alicyclic amines) is 2. The van der Waals surface area contributed by atoms with Gasteiger partial charge < -0.3 is 18.8 Å². The minimum atomic E-state index is 0.576. The fourth-order valence-corrected chi connectivity index (χ4v) is 7.16. The Bertz CT molecular complexity index is 1230. The van der Waals surface area contributed by atoms with Crippen LogP contribution in [0.5, 0.6) is 11.5 Å². The molecule has 0 saturated carbocycles. The summed E-state index contributed by atoms with van der Waals surface area (Å²) in [6, 6.07) is 10.3. The lowest BCUT2D eigenvalue weighted by atomic mass is 9.81. The first-order valence-electron chi connectivity index (χ1n) is 14.5. The van der Waals surface area contributed by atoms with Crippen molar-refractivity contribution in [3.63, 3.8) is 0 Å². The summed E-state index contributed by atoms with van der Waals surface area (Å²) >= 11 is 0. The molecule has 4 heterocycles. The van der Waals surface area contributed by atoms with Crippen molar-refractivity contribution < 1.29 is 9.47 Å². The summed E-state index contributed by atoms with van der Waals surface area (Å²) in [5.74, 6) is 2.79. The number of rotatable bonds is 7. The van der Waals surface area contributed by atoms with Crippen molar-refractivity contribution in [2.45, 2.75) is 84.3 Å². The number of methoxy groups -OCH3 is 2. The monoisotopic (exact) mass is 518 g/mol. The van der Waals surface area contributed by atoms with E-state index in [1.165, 1.54) is 56.4 Å². The fourth-order valence-electron chi connectivity index (χ4n) is 7.16. The summed E-state index contributed by atoms with van der Waals surface area (Å²) in [4.78, 5) is 10.5. The Kier molecular flexibility index (Phi) is 8.01. The van der Waals surface area contributed by atoms with Crippen LogP contribution < -0.4 is 9.47 Å². The molecule has 206 valence electrons. The molecule has 2 aliphatic heterocycles. The zero-order valence-corrected chi connectivity index (χ0v) is 24.4. The first-order valence-corrected chi connectivity index (χ1v) is 14.5. The Morgan fingerprint density at radius 2 is 1.63 bits per heavy atom. The van der Waals surface area contributed by atoms with Crippen LogP contribution in [0.3, 0.4) is 0 Å². The third-order valence-corrected chi connectivity index (χ3v) is 8.78. The van der Waals surface area contributed by atoms with Gasteiger partial charge in [0.15, 0.2) is 11.5 Å². The van der Waals surface area contributed by atoms with Gasteiger partial charge >= 0.3 is 0 Å². The normalized spacial score (nSPS) is 23.8. The SMILES string of the molecule is COc1ccc(-c2cn3cc(C4CC(C)N(C5CCN(CC(C)C)CC5)C(C)C4)cc(C)c3n2)cc1OC. The van der Waals surface area contributed by atoms with Crippen molar-refractivity contribution >= 4 is 5.65 Å². The molecule has 0 radical (unpaired) electrons. The predicted molar refractivity (Wildman–Crippen MR) is 156 cm³/mol. The lowest BCUT2D eigenvalue weighted by Crippen LogP contribution is -2.55. The standard InChI is InChI=1S/C32H46N4O2/c1-21(2)18-34-12-10-28(11-13-34)36-23(4)15-26(16-24(36)5)27-14-22(3)32-33-29(20-35(32)19-27)25-8-9-30(37-6)31(17-25)38-7/h8-9,14,17,19-21,23-24,26,28H,10-13,15-16,18H2,1-7H3. The highest BCUT2D eigenvalue weighted by Gasteiger charge is 2.37. The highest BCUT2D eigenvalue weighted by atomic mass is 16.5. The number of hydrogen-bond acceptors (Lipinski definition) is 5. The second kappa shape index (κ2) is 11.3. The molecule has 2 fully saturated rings. The number of hydrogen-bond donors (Lipinski definition) is 0. The van der Waals surface area contributed by atoms with E-state index in [2.05, 4.69) is 67.3 Å². The van der Waals surface area contributed by atoms with Gasteiger partial charge in [0.1, 0.15) is 5.65 Å². The molecule has 0 N–H and O–H groups in total. The van der Waals surface area contributed by atoms with Crippen LogP contribution in [0.25, 0.3) is 16.9 Å². The quantitative estimate of drug-likeness (QED) is 0.362. The number of ether oxygens (including phenoxy) is 2. The van der Waals surface area contributed by atoms with Gasteiger partial charge in [-0.1, -0.05) is 19.9 Å². The van der Waals surface area contributed by atoms with E-state index in [1.807, 2.05) is 18.2 Å². The van der Waals surface area contributed by atoms with E-state index in [0.717, 1.165) is 40.4 Å². The molecular formula is C32H46N4O2. The maximum Gasteiger partial charge on any atom is 0.161 e. The van der Waals surface area contributed by atoms with Crippen molar-refractivity contribution in [1.82, 2.24) is 19.2 Å². The van der Waals surface area contributed by atoms with Crippen LogP contribution in [0.1, 0.15) is 70.4 Å². The first-order chi connectivity index (χ1) is 18.3. The molecule has 0 bridgehead atoms. The molecule has 2 atom stereocenters. The molecule has 2 aliphatic rings. The number of nitrogens with zero attached hydrogens (tertiary/aromatic N) is 4. The summed E-state index contributed by atoms with van der Waals surface area (Å²) in [7, 11) is 3.33. The van der Waals surface area contributed by atoms with Crippen molar-refractivity contribution in [3.05, 3.63) is 47.8 Å². The number of aryl methyl sites for hydroxylation is 1. The van der Waals surface area contributed by atoms with E-state index in [9.17, 15) is 0 Å². The molecule has 6 heteroatoms. The number of piperidine rings is 2. The number of aromatic nitrogens is 2. The predicted octanol–water partition coefficient (Wildman–Crippen LogP) is 6.40. The third kappa shape index (κ3) is 5.43. The minimum absolute atomic E-state index is 0.576. The van der Waals surface area contributed by atoms with Gasteiger partial charge in [-0.2, -0.15) is 0 Å².